The molecule has 1 aromatic heterocycles. The number of hydrogen-bond acceptors (Lipinski definition) is 5. The summed E-state index contributed by atoms with van der Waals surface area (Å²) in [5.74, 6) is 1.47. The monoisotopic (exact) mass is 323 g/mol. The summed E-state index contributed by atoms with van der Waals surface area (Å²) in [5, 5.41) is 0.897. The number of aryl methyl sites for hydroxylation is 1. The Morgan fingerprint density at radius 1 is 1.42 bits per heavy atom. The molecule has 2 heterocycles. The smallest absolute Gasteiger partial charge is 0.163 e. The molecule has 24 heavy (non-hydrogen) atoms. The summed E-state index contributed by atoms with van der Waals surface area (Å²) in [5.41, 5.74) is 2.61. The molecule has 0 bridgehead atoms. The second kappa shape index (κ2) is 7.36. The highest BCUT2D eigenvalue weighted by molar-refractivity contribution is 6.06. The molecule has 5 nitrogen and oxygen atoms in total. The lowest BCUT2D eigenvalue weighted by molar-refractivity contribution is 0.141. The topological polar surface area (TPSA) is 56.6 Å². The lowest BCUT2D eigenvalue weighted by atomic mass is 10.1. The quantitative estimate of drug-likeness (QED) is 0.782. The highest BCUT2D eigenvalue weighted by Crippen LogP contribution is 2.30. The van der Waals surface area contributed by atoms with Crippen molar-refractivity contribution in [2.75, 3.05) is 13.2 Å². The third kappa shape index (κ3) is 3.51. The SMILES string of the molecule is C=CC(/C=C\C)=Nc1ncnc2cc(OC3CCOC3)c(C)cc12. The fraction of sp³-hybridized carbons (Fsp3) is 0.316. The van der Waals surface area contributed by atoms with Crippen LogP contribution in [0.15, 0.2) is 48.3 Å². The van der Waals surface area contributed by atoms with Gasteiger partial charge in [0, 0.05) is 17.9 Å². The summed E-state index contributed by atoms with van der Waals surface area (Å²) in [6.07, 6.45) is 8.08. The minimum absolute atomic E-state index is 0.113. The van der Waals surface area contributed by atoms with E-state index >= 15 is 0 Å². The Labute approximate surface area is 141 Å². The van der Waals surface area contributed by atoms with Crippen molar-refractivity contribution < 1.29 is 9.47 Å². The van der Waals surface area contributed by atoms with Crippen LogP contribution in [0.2, 0.25) is 0 Å². The van der Waals surface area contributed by atoms with Crippen LogP contribution in [-0.4, -0.2) is 35.0 Å². The second-order valence-electron chi connectivity index (χ2n) is 5.68. The molecule has 3 rings (SSSR count). The highest BCUT2D eigenvalue weighted by Gasteiger charge is 2.18. The minimum atomic E-state index is 0.113. The zero-order valence-electron chi connectivity index (χ0n) is 14.0. The molecule has 0 N–H and O–H groups in total. The number of fused-ring (bicyclic) bond motifs is 1. The van der Waals surface area contributed by atoms with Crippen molar-refractivity contribution in [1.29, 1.82) is 0 Å². The van der Waals surface area contributed by atoms with Crippen molar-refractivity contribution >= 4 is 22.4 Å². The van der Waals surface area contributed by atoms with E-state index in [2.05, 4.69) is 21.5 Å². The molecule has 5 heteroatoms. The Kier molecular flexibility index (Phi) is 5.01. The molecular weight excluding hydrogens is 302 g/mol. The highest BCUT2D eigenvalue weighted by atomic mass is 16.5. The minimum Gasteiger partial charge on any atom is -0.488 e. The molecule has 0 saturated carbocycles. The van der Waals surface area contributed by atoms with Gasteiger partial charge in [-0.05, 0) is 37.6 Å². The van der Waals surface area contributed by atoms with Gasteiger partial charge in [-0.1, -0.05) is 12.7 Å². The second-order valence-corrected chi connectivity index (χ2v) is 5.68. The largest absolute Gasteiger partial charge is 0.488 e. The van der Waals surface area contributed by atoms with Crippen LogP contribution in [0, 0.1) is 6.92 Å². The van der Waals surface area contributed by atoms with Gasteiger partial charge in [0.1, 0.15) is 18.2 Å². The lowest BCUT2D eigenvalue weighted by Crippen LogP contribution is -2.16. The number of benzene rings is 1. The molecule has 1 fully saturated rings. The molecule has 1 atom stereocenters. The zero-order valence-corrected chi connectivity index (χ0v) is 14.0. The van der Waals surface area contributed by atoms with E-state index in [9.17, 15) is 0 Å². The van der Waals surface area contributed by atoms with E-state index in [1.165, 1.54) is 6.33 Å². The number of rotatable bonds is 5. The average Bonchev–Trinajstić information content (AvgIpc) is 3.09. The van der Waals surface area contributed by atoms with Crippen LogP contribution in [0.5, 0.6) is 5.75 Å². The Morgan fingerprint density at radius 2 is 2.29 bits per heavy atom. The maximum Gasteiger partial charge on any atom is 0.163 e. The van der Waals surface area contributed by atoms with Gasteiger partial charge < -0.3 is 9.47 Å². The number of hydrogen-bond donors (Lipinski definition) is 0. The van der Waals surface area contributed by atoms with Crippen LogP contribution < -0.4 is 4.74 Å². The molecule has 124 valence electrons. The van der Waals surface area contributed by atoms with Gasteiger partial charge in [0.2, 0.25) is 0 Å². The molecule has 1 unspecified atom stereocenters. The average molecular weight is 323 g/mol. The van der Waals surface area contributed by atoms with Crippen molar-refractivity contribution in [3.8, 4) is 5.75 Å². The van der Waals surface area contributed by atoms with Gasteiger partial charge in [0.25, 0.3) is 0 Å². The normalized spacial score (nSPS) is 18.4. The Balaban J connectivity index is 2.01. The Morgan fingerprint density at radius 3 is 3.00 bits per heavy atom. The molecule has 1 aliphatic rings. The molecule has 0 aliphatic carbocycles. The van der Waals surface area contributed by atoms with Gasteiger partial charge in [-0.25, -0.2) is 15.0 Å². The number of aromatic nitrogens is 2. The first-order valence-corrected chi connectivity index (χ1v) is 8.05. The maximum absolute atomic E-state index is 6.05. The first kappa shape index (κ1) is 16.3. The van der Waals surface area contributed by atoms with E-state index in [1.807, 2.05) is 38.1 Å². The molecular formula is C19H21N3O2. The van der Waals surface area contributed by atoms with Crippen LogP contribution in [0.3, 0.4) is 0 Å². The van der Waals surface area contributed by atoms with E-state index in [4.69, 9.17) is 9.47 Å². The number of ether oxygens (including phenoxy) is 2. The van der Waals surface area contributed by atoms with E-state index < -0.39 is 0 Å². The van der Waals surface area contributed by atoms with Gasteiger partial charge in [0.05, 0.1) is 24.4 Å². The molecule has 1 saturated heterocycles. The molecule has 1 aromatic carbocycles. The molecule has 0 amide bonds. The van der Waals surface area contributed by atoms with Crippen molar-refractivity contribution in [2.24, 2.45) is 4.99 Å². The van der Waals surface area contributed by atoms with Gasteiger partial charge in [-0.15, -0.1) is 0 Å². The van der Waals surface area contributed by atoms with E-state index in [0.29, 0.717) is 12.4 Å². The Hall–Kier alpha value is -2.53. The lowest BCUT2D eigenvalue weighted by Gasteiger charge is -2.15. The van der Waals surface area contributed by atoms with Crippen LogP contribution in [0.4, 0.5) is 5.82 Å². The maximum atomic E-state index is 6.05. The summed E-state index contributed by atoms with van der Waals surface area (Å²) in [6, 6.07) is 3.97. The molecule has 2 aromatic rings. The van der Waals surface area contributed by atoms with Crippen LogP contribution >= 0.6 is 0 Å². The van der Waals surface area contributed by atoms with Gasteiger partial charge in [-0.3, -0.25) is 0 Å². The van der Waals surface area contributed by atoms with Crippen molar-refractivity contribution in [1.82, 2.24) is 9.97 Å². The zero-order chi connectivity index (χ0) is 16.9. The van der Waals surface area contributed by atoms with Crippen LogP contribution in [0.25, 0.3) is 10.9 Å². The summed E-state index contributed by atoms with van der Waals surface area (Å²) in [6.45, 7) is 9.15. The number of allylic oxidation sites excluding steroid dienone is 3. The predicted octanol–water partition coefficient (Wildman–Crippen LogP) is 3.94. The number of aliphatic imine (C=N–C) groups is 1. The summed E-state index contributed by atoms with van der Waals surface area (Å²) in [7, 11) is 0. The van der Waals surface area contributed by atoms with Crippen molar-refractivity contribution in [2.45, 2.75) is 26.4 Å². The van der Waals surface area contributed by atoms with E-state index in [-0.39, 0.29) is 6.10 Å². The third-order valence-electron chi connectivity index (χ3n) is 3.87. The van der Waals surface area contributed by atoms with Crippen LogP contribution in [-0.2, 0) is 4.74 Å². The standard InChI is InChI=1S/C19H21N3O2/c1-4-6-14(5-2)22-19-16-9-13(3)18(10-17(16)20-12-21-19)24-15-7-8-23-11-15/h4-6,9-10,12,15H,2,7-8,11H2,1,3H3/b6-4-,22-14?. The van der Waals surface area contributed by atoms with Gasteiger partial charge >= 0.3 is 0 Å². The summed E-state index contributed by atoms with van der Waals surface area (Å²) in [4.78, 5) is 13.2. The number of nitrogens with zero attached hydrogens (tertiary/aromatic N) is 3. The van der Waals surface area contributed by atoms with Crippen molar-refractivity contribution in [3.05, 3.63) is 48.8 Å². The van der Waals surface area contributed by atoms with Gasteiger partial charge in [-0.2, -0.15) is 0 Å². The fourth-order valence-corrected chi connectivity index (χ4v) is 2.62. The van der Waals surface area contributed by atoms with E-state index in [0.717, 1.165) is 41.0 Å². The molecule has 0 radical (unpaired) electrons. The Bertz CT molecular complexity index is 806. The predicted molar refractivity (Wildman–Crippen MR) is 96.2 cm³/mol. The first-order chi connectivity index (χ1) is 11.7. The van der Waals surface area contributed by atoms with Crippen LogP contribution in [0.1, 0.15) is 18.9 Å². The van der Waals surface area contributed by atoms with E-state index in [1.54, 1.807) is 6.08 Å². The first-order valence-electron chi connectivity index (χ1n) is 8.05. The molecule has 0 spiro atoms. The summed E-state index contributed by atoms with van der Waals surface area (Å²) < 4.78 is 11.4. The van der Waals surface area contributed by atoms with Gasteiger partial charge in [0.15, 0.2) is 5.82 Å². The summed E-state index contributed by atoms with van der Waals surface area (Å²) >= 11 is 0. The third-order valence-corrected chi connectivity index (χ3v) is 3.87. The fourth-order valence-electron chi connectivity index (χ4n) is 2.62. The van der Waals surface area contributed by atoms with Crippen molar-refractivity contribution in [3.63, 3.8) is 0 Å². The molecule has 1 aliphatic heterocycles.